The van der Waals surface area contributed by atoms with Gasteiger partial charge < -0.3 is 19.9 Å². The van der Waals surface area contributed by atoms with Crippen LogP contribution < -0.4 is 20.2 Å². The molecule has 0 aliphatic heterocycles. The number of rotatable bonds is 7. The zero-order chi connectivity index (χ0) is 18.9. The van der Waals surface area contributed by atoms with Gasteiger partial charge in [-0.15, -0.1) is 0 Å². The minimum absolute atomic E-state index is 0.00268. The van der Waals surface area contributed by atoms with Crippen LogP contribution in [0.15, 0.2) is 47.6 Å². The van der Waals surface area contributed by atoms with Crippen LogP contribution in [0.25, 0.3) is 0 Å². The average Bonchev–Trinajstić information content (AvgIpc) is 2.63. The third-order valence-electron chi connectivity index (χ3n) is 3.28. The van der Waals surface area contributed by atoms with Crippen molar-refractivity contribution in [2.24, 2.45) is 5.10 Å². The van der Waals surface area contributed by atoms with Gasteiger partial charge in [0.25, 0.3) is 0 Å². The molecule has 0 radical (unpaired) electrons. The lowest BCUT2D eigenvalue weighted by molar-refractivity contribution is -0.126. The Morgan fingerprint density at radius 3 is 2.65 bits per heavy atom. The number of hydrogen-bond donors (Lipinski definition) is 3. The first kappa shape index (κ1) is 18.8. The van der Waals surface area contributed by atoms with E-state index in [0.717, 1.165) is 0 Å². The Balaban J connectivity index is 1.85. The highest BCUT2D eigenvalue weighted by Crippen LogP contribution is 2.25. The zero-order valence-corrected chi connectivity index (χ0v) is 14.4. The van der Waals surface area contributed by atoms with Gasteiger partial charge in [0.05, 0.1) is 20.4 Å². The maximum Gasteiger partial charge on any atom is 0.249 e. The van der Waals surface area contributed by atoms with E-state index in [1.54, 1.807) is 36.4 Å². The number of amides is 2. The Kier molecular flexibility index (Phi) is 6.55. The number of carbonyl (C=O) groups excluding carboxylic acids is 2. The topological polar surface area (TPSA) is 109 Å². The lowest BCUT2D eigenvalue weighted by Crippen LogP contribution is -2.24. The summed E-state index contributed by atoms with van der Waals surface area (Å²) in [6.45, 7) is 0. The quantitative estimate of drug-likeness (QED) is 0.398. The zero-order valence-electron chi connectivity index (χ0n) is 14.4. The second-order valence-electron chi connectivity index (χ2n) is 5.18. The van der Waals surface area contributed by atoms with Crippen LogP contribution >= 0.6 is 0 Å². The number of hydrogen-bond acceptors (Lipinski definition) is 6. The van der Waals surface area contributed by atoms with Gasteiger partial charge in [0.2, 0.25) is 11.8 Å². The number of methoxy groups -OCH3 is 2. The summed E-state index contributed by atoms with van der Waals surface area (Å²) >= 11 is 0. The molecule has 8 nitrogen and oxygen atoms in total. The largest absolute Gasteiger partial charge is 0.504 e. The molecule has 0 saturated heterocycles. The van der Waals surface area contributed by atoms with Crippen LogP contribution in [-0.4, -0.2) is 37.4 Å². The van der Waals surface area contributed by atoms with Crippen molar-refractivity contribution >= 4 is 23.7 Å². The van der Waals surface area contributed by atoms with Crippen LogP contribution in [0.1, 0.15) is 12.0 Å². The van der Waals surface area contributed by atoms with Crippen LogP contribution in [0.4, 0.5) is 5.69 Å². The molecular weight excluding hydrogens is 338 g/mol. The second-order valence-corrected chi connectivity index (χ2v) is 5.18. The fourth-order valence-corrected chi connectivity index (χ4v) is 2.04. The van der Waals surface area contributed by atoms with Crippen molar-refractivity contribution in [2.45, 2.75) is 6.42 Å². The van der Waals surface area contributed by atoms with Gasteiger partial charge in [-0.05, 0) is 35.9 Å². The van der Waals surface area contributed by atoms with Crippen LogP contribution in [0.2, 0.25) is 0 Å². The number of hydrazone groups is 1. The summed E-state index contributed by atoms with van der Waals surface area (Å²) in [5, 5.41) is 15.9. The standard InChI is InChI=1S/C18H19N3O5/c1-25-14-5-3-4-13(9-14)20-17(23)10-18(24)21-19-11-12-6-7-15(22)16(8-12)26-2/h3-9,11,22H,10H2,1-2H3,(H,20,23)(H,21,24)/b19-11+. The number of phenolic OH excluding ortho intramolecular Hbond substituents is 1. The maximum atomic E-state index is 11.9. The van der Waals surface area contributed by atoms with Gasteiger partial charge in [-0.3, -0.25) is 9.59 Å². The normalized spacial score (nSPS) is 10.4. The maximum absolute atomic E-state index is 11.9. The molecule has 2 aromatic rings. The molecule has 136 valence electrons. The van der Waals surface area contributed by atoms with Gasteiger partial charge in [0, 0.05) is 11.8 Å². The van der Waals surface area contributed by atoms with Gasteiger partial charge in [-0.25, -0.2) is 5.43 Å². The number of ether oxygens (including phenoxy) is 2. The fourth-order valence-electron chi connectivity index (χ4n) is 2.04. The van der Waals surface area contributed by atoms with Crippen molar-refractivity contribution in [3.63, 3.8) is 0 Å². The lowest BCUT2D eigenvalue weighted by Gasteiger charge is -2.06. The summed E-state index contributed by atoms with van der Waals surface area (Å²) in [7, 11) is 2.95. The monoisotopic (exact) mass is 357 g/mol. The minimum Gasteiger partial charge on any atom is -0.504 e. The van der Waals surface area contributed by atoms with Crippen molar-refractivity contribution in [1.82, 2.24) is 5.43 Å². The predicted octanol–water partition coefficient (Wildman–Crippen LogP) is 1.89. The molecule has 2 rings (SSSR count). The summed E-state index contributed by atoms with van der Waals surface area (Å²) in [4.78, 5) is 23.6. The summed E-state index contributed by atoms with van der Waals surface area (Å²) in [6, 6.07) is 11.4. The smallest absolute Gasteiger partial charge is 0.249 e. The first-order valence-electron chi connectivity index (χ1n) is 7.64. The summed E-state index contributed by atoms with van der Waals surface area (Å²) < 4.78 is 10.0. The molecule has 0 aliphatic rings. The van der Waals surface area contributed by atoms with Gasteiger partial charge >= 0.3 is 0 Å². The summed E-state index contributed by atoms with van der Waals surface area (Å²) in [5.74, 6) is -0.147. The van der Waals surface area contributed by atoms with Crippen LogP contribution in [0, 0.1) is 0 Å². The number of phenols is 1. The Morgan fingerprint density at radius 1 is 1.12 bits per heavy atom. The molecule has 3 N–H and O–H groups in total. The average molecular weight is 357 g/mol. The molecule has 0 fully saturated rings. The Bertz CT molecular complexity index is 820. The molecule has 0 aliphatic carbocycles. The molecule has 0 atom stereocenters. The summed E-state index contributed by atoms with van der Waals surface area (Å²) in [6.07, 6.45) is 0.993. The third kappa shape index (κ3) is 5.52. The molecular formula is C18H19N3O5. The van der Waals surface area contributed by atoms with E-state index in [1.165, 1.54) is 26.5 Å². The van der Waals surface area contributed by atoms with Gasteiger partial charge in [0.1, 0.15) is 12.2 Å². The number of benzene rings is 2. The number of nitrogens with zero attached hydrogens (tertiary/aromatic N) is 1. The van der Waals surface area contributed by atoms with Gasteiger partial charge in [-0.1, -0.05) is 6.07 Å². The van der Waals surface area contributed by atoms with E-state index in [-0.39, 0.29) is 17.9 Å². The van der Waals surface area contributed by atoms with E-state index in [1.807, 2.05) is 0 Å². The minimum atomic E-state index is -0.563. The Hall–Kier alpha value is -3.55. The molecule has 0 spiro atoms. The Labute approximate surface area is 150 Å². The van der Waals surface area contributed by atoms with Crippen molar-refractivity contribution in [3.8, 4) is 17.2 Å². The number of nitrogens with one attached hydrogen (secondary N) is 2. The van der Waals surface area contributed by atoms with Crippen LogP contribution in [0.5, 0.6) is 17.2 Å². The first-order valence-corrected chi connectivity index (χ1v) is 7.64. The molecule has 8 heteroatoms. The van der Waals surface area contributed by atoms with Crippen molar-refractivity contribution < 1.29 is 24.2 Å². The lowest BCUT2D eigenvalue weighted by atomic mass is 10.2. The molecule has 0 bridgehead atoms. The van der Waals surface area contributed by atoms with Gasteiger partial charge in [0.15, 0.2) is 11.5 Å². The van der Waals surface area contributed by atoms with Crippen molar-refractivity contribution in [1.29, 1.82) is 0 Å². The SMILES string of the molecule is COc1cccc(NC(=O)CC(=O)N/N=C/c2ccc(O)c(OC)c2)c1. The van der Waals surface area contributed by atoms with E-state index in [9.17, 15) is 14.7 Å². The van der Waals surface area contributed by atoms with Crippen LogP contribution in [-0.2, 0) is 9.59 Å². The molecule has 26 heavy (non-hydrogen) atoms. The summed E-state index contributed by atoms with van der Waals surface area (Å²) in [5.41, 5.74) is 3.41. The number of carbonyl (C=O) groups is 2. The Morgan fingerprint density at radius 2 is 1.92 bits per heavy atom. The molecule has 0 saturated carbocycles. The second kappa shape index (κ2) is 9.07. The molecule has 0 heterocycles. The fraction of sp³-hybridized carbons (Fsp3) is 0.167. The van der Waals surface area contributed by atoms with Crippen molar-refractivity contribution in [3.05, 3.63) is 48.0 Å². The van der Waals surface area contributed by atoms with E-state index < -0.39 is 11.8 Å². The molecule has 2 aromatic carbocycles. The van der Waals surface area contributed by atoms with E-state index in [4.69, 9.17) is 9.47 Å². The van der Waals surface area contributed by atoms with Crippen molar-refractivity contribution in [2.75, 3.05) is 19.5 Å². The predicted molar refractivity (Wildman–Crippen MR) is 96.6 cm³/mol. The molecule has 0 unspecified atom stereocenters. The van der Waals surface area contributed by atoms with E-state index in [0.29, 0.717) is 17.0 Å². The molecule has 0 aromatic heterocycles. The van der Waals surface area contributed by atoms with Crippen LogP contribution in [0.3, 0.4) is 0 Å². The molecule has 2 amide bonds. The number of anilines is 1. The highest BCUT2D eigenvalue weighted by Gasteiger charge is 2.09. The third-order valence-corrected chi connectivity index (χ3v) is 3.28. The number of aromatic hydroxyl groups is 1. The van der Waals surface area contributed by atoms with Gasteiger partial charge in [-0.2, -0.15) is 5.10 Å². The first-order chi connectivity index (χ1) is 12.5. The highest BCUT2D eigenvalue weighted by atomic mass is 16.5. The highest BCUT2D eigenvalue weighted by molar-refractivity contribution is 6.03. The van der Waals surface area contributed by atoms with E-state index >= 15 is 0 Å². The van der Waals surface area contributed by atoms with E-state index in [2.05, 4.69) is 15.8 Å².